The van der Waals surface area contributed by atoms with Crippen molar-refractivity contribution in [3.63, 3.8) is 0 Å². The Balaban J connectivity index is 0.728. The van der Waals surface area contributed by atoms with Gasteiger partial charge in [0.2, 0.25) is 0 Å². The van der Waals surface area contributed by atoms with Crippen molar-refractivity contribution in [2.24, 2.45) is 0 Å². The summed E-state index contributed by atoms with van der Waals surface area (Å²) in [6, 6.07) is 123. The van der Waals surface area contributed by atoms with Gasteiger partial charge in [0.05, 0.1) is 27.5 Å². The highest BCUT2D eigenvalue weighted by Crippen LogP contribution is 2.60. The third-order valence-corrected chi connectivity index (χ3v) is 24.3. The van der Waals surface area contributed by atoms with Gasteiger partial charge in [0.25, 0.3) is 0 Å². The monoisotopic (exact) mass is 1320 g/mol. The SMILES string of the molecule is CC1(C)c2cc(-c3cccc4c3c3ccccc3c3c5c6ccccc6oc5c5c(c6ccccc6n5-c5ccc6c(c5)-c5ccccc5C6(c5ccccc5)c5ccccc5)c43)ccc2-c2ccc(-n3c4ccccc4c4c5c6ccccc6c6ccccc6c5c5c6ccccc6oc5c43)cc21. The van der Waals surface area contributed by atoms with Crippen molar-refractivity contribution >= 4 is 152 Å². The number of hydrogen-bond acceptors (Lipinski definition) is 2. The smallest absolute Gasteiger partial charge is 0.160 e. The van der Waals surface area contributed by atoms with Crippen LogP contribution < -0.4 is 0 Å². The predicted octanol–water partition coefficient (Wildman–Crippen LogP) is 26.9. The number of furan rings is 2. The van der Waals surface area contributed by atoms with Gasteiger partial charge < -0.3 is 18.0 Å². The predicted molar refractivity (Wildman–Crippen MR) is 435 cm³/mol. The molecule has 4 nitrogen and oxygen atoms in total. The van der Waals surface area contributed by atoms with E-state index in [4.69, 9.17) is 8.83 Å². The summed E-state index contributed by atoms with van der Waals surface area (Å²) in [4.78, 5) is 0. The van der Waals surface area contributed by atoms with Crippen LogP contribution in [0.3, 0.4) is 0 Å². The Kier molecular flexibility index (Phi) is 11.0. The largest absolute Gasteiger partial charge is 0.454 e. The number of hydrogen-bond donors (Lipinski definition) is 0. The number of aromatic nitrogens is 2. The third-order valence-electron chi connectivity index (χ3n) is 24.3. The fourth-order valence-corrected chi connectivity index (χ4v) is 20.1. The van der Waals surface area contributed by atoms with Gasteiger partial charge in [-0.3, -0.25) is 0 Å². The van der Waals surface area contributed by atoms with Crippen molar-refractivity contribution in [2.75, 3.05) is 0 Å². The lowest BCUT2D eigenvalue weighted by molar-refractivity contribution is 0.660. The van der Waals surface area contributed by atoms with E-state index in [0.717, 1.165) is 77.3 Å². The molecular weight excluding hydrogens is 1260 g/mol. The summed E-state index contributed by atoms with van der Waals surface area (Å²) in [5.41, 5.74) is 24.3. The molecule has 0 saturated heterocycles. The minimum Gasteiger partial charge on any atom is -0.454 e. The molecule has 0 unspecified atom stereocenters. The molecule has 4 heteroatoms. The highest BCUT2D eigenvalue weighted by molar-refractivity contribution is 6.47. The fourth-order valence-electron chi connectivity index (χ4n) is 20.1. The second-order valence-electron chi connectivity index (χ2n) is 29.5. The highest BCUT2D eigenvalue weighted by atomic mass is 16.3. The Morgan fingerprint density at radius 3 is 1.22 bits per heavy atom. The number of fused-ring (bicyclic) bond motifs is 36. The van der Waals surface area contributed by atoms with Gasteiger partial charge >= 0.3 is 0 Å². The van der Waals surface area contributed by atoms with E-state index in [1.54, 1.807) is 0 Å². The lowest BCUT2D eigenvalue weighted by Gasteiger charge is -2.33. The average Bonchev–Trinajstić information content (AvgIpc) is 1.35. The van der Waals surface area contributed by atoms with E-state index in [1.807, 2.05) is 0 Å². The standard InChI is InChI=1S/C100H60N2O2/c1-99(2)80-54-57(48-51-66(80)67-52-49-61(56-81(67)99)102-83-45-22-16-37-72(83)91-87-68-33-11-9-30-63(68)64-31-10-12-34-69(64)88(87)93-74-39-18-23-46-84(74)103-97(93)95(91)102)62-41-25-42-76-86(62)70-35-13-14-36-71(70)89-90(76)92-73-38-17-21-44-82(73)101(96(92)98-94(89)75-40-19-24-47-85(75)104-98)60-50-53-79-77(55-60)65-32-15-20-43-78(65)100(79,58-26-5-3-6-27-58)59-28-7-4-8-29-59/h3-56H,1-2H3. The summed E-state index contributed by atoms with van der Waals surface area (Å²) < 4.78 is 19.7. The van der Waals surface area contributed by atoms with E-state index in [9.17, 15) is 0 Å². The zero-order valence-corrected chi connectivity index (χ0v) is 56.9. The zero-order valence-electron chi connectivity index (χ0n) is 56.9. The fraction of sp³-hybridized carbons (Fsp3) is 0.0400. The maximum atomic E-state index is 7.42. The van der Waals surface area contributed by atoms with Crippen LogP contribution in [0.4, 0.5) is 0 Å². The van der Waals surface area contributed by atoms with Crippen LogP contribution in [0.2, 0.25) is 0 Å². The first-order valence-electron chi connectivity index (χ1n) is 36.3. The Hall–Kier alpha value is -13.3. The molecule has 22 aromatic rings. The van der Waals surface area contributed by atoms with Gasteiger partial charge in [0.15, 0.2) is 11.2 Å². The van der Waals surface area contributed by atoms with Gasteiger partial charge in [-0.1, -0.05) is 287 Å². The van der Waals surface area contributed by atoms with E-state index in [0.29, 0.717) is 0 Å². The molecule has 0 bridgehead atoms. The van der Waals surface area contributed by atoms with Gasteiger partial charge in [0, 0.05) is 81.4 Å². The second-order valence-corrected chi connectivity index (χ2v) is 29.5. The summed E-state index contributed by atoms with van der Waals surface area (Å²) in [5, 5.41) is 24.0. The average molecular weight is 1320 g/mol. The molecule has 0 atom stereocenters. The molecule has 2 aliphatic rings. The molecule has 0 aliphatic heterocycles. The Morgan fingerprint density at radius 2 is 0.635 bits per heavy atom. The van der Waals surface area contributed by atoms with Crippen LogP contribution in [-0.4, -0.2) is 9.13 Å². The van der Waals surface area contributed by atoms with Crippen molar-refractivity contribution < 1.29 is 8.83 Å². The van der Waals surface area contributed by atoms with E-state index in [-0.39, 0.29) is 5.41 Å². The molecule has 104 heavy (non-hydrogen) atoms. The second kappa shape index (κ2) is 20.3. The van der Waals surface area contributed by atoms with Crippen LogP contribution in [0.25, 0.3) is 197 Å². The van der Waals surface area contributed by atoms with Crippen molar-refractivity contribution in [1.29, 1.82) is 0 Å². The maximum absolute atomic E-state index is 7.42. The number of rotatable bonds is 5. The summed E-state index contributed by atoms with van der Waals surface area (Å²) in [7, 11) is 0. The number of benzene rings is 18. The first kappa shape index (κ1) is 56.5. The molecular formula is C100H60N2O2. The molecule has 482 valence electrons. The van der Waals surface area contributed by atoms with Crippen molar-refractivity contribution in [2.45, 2.75) is 24.7 Å². The lowest BCUT2D eigenvalue weighted by Crippen LogP contribution is -2.28. The molecule has 0 spiro atoms. The quantitative estimate of drug-likeness (QED) is 0.161. The molecule has 0 N–H and O–H groups in total. The number of para-hydroxylation sites is 4. The van der Waals surface area contributed by atoms with Crippen LogP contribution in [0, 0.1) is 0 Å². The minimum absolute atomic E-state index is 0.378. The first-order valence-corrected chi connectivity index (χ1v) is 36.3. The van der Waals surface area contributed by atoms with Crippen LogP contribution in [-0.2, 0) is 10.8 Å². The van der Waals surface area contributed by atoms with E-state index in [1.165, 1.54) is 153 Å². The van der Waals surface area contributed by atoms with E-state index in [2.05, 4.69) is 351 Å². The van der Waals surface area contributed by atoms with Crippen LogP contribution in [0.1, 0.15) is 47.2 Å². The lowest BCUT2D eigenvalue weighted by atomic mass is 9.68. The van der Waals surface area contributed by atoms with Gasteiger partial charge in [-0.05, 0) is 164 Å². The molecule has 24 rings (SSSR count). The Bertz CT molecular complexity index is 7590. The molecule has 18 aromatic carbocycles. The summed E-state index contributed by atoms with van der Waals surface area (Å²) in [5.74, 6) is 0. The summed E-state index contributed by atoms with van der Waals surface area (Å²) in [6.45, 7) is 4.86. The van der Waals surface area contributed by atoms with E-state index < -0.39 is 5.41 Å². The molecule has 0 amide bonds. The Morgan fingerprint density at radius 1 is 0.240 bits per heavy atom. The van der Waals surface area contributed by atoms with Crippen molar-refractivity contribution in [3.8, 4) is 44.8 Å². The Labute approximate surface area is 596 Å². The minimum atomic E-state index is -0.529. The van der Waals surface area contributed by atoms with E-state index >= 15 is 0 Å². The van der Waals surface area contributed by atoms with Gasteiger partial charge in [-0.2, -0.15) is 0 Å². The first-order chi connectivity index (χ1) is 51.4. The van der Waals surface area contributed by atoms with Gasteiger partial charge in [0.1, 0.15) is 11.2 Å². The summed E-state index contributed by atoms with van der Waals surface area (Å²) >= 11 is 0. The molecule has 0 fully saturated rings. The van der Waals surface area contributed by atoms with Gasteiger partial charge in [-0.25, -0.2) is 0 Å². The maximum Gasteiger partial charge on any atom is 0.160 e. The molecule has 0 radical (unpaired) electrons. The third kappa shape index (κ3) is 7.03. The number of nitrogens with zero attached hydrogens (tertiary/aromatic N) is 2. The molecule has 4 heterocycles. The van der Waals surface area contributed by atoms with Crippen molar-refractivity contribution in [3.05, 3.63) is 361 Å². The van der Waals surface area contributed by atoms with Crippen LogP contribution in [0.5, 0.6) is 0 Å². The van der Waals surface area contributed by atoms with Gasteiger partial charge in [-0.15, -0.1) is 0 Å². The zero-order chi connectivity index (χ0) is 68.0. The molecule has 4 aromatic heterocycles. The topological polar surface area (TPSA) is 36.1 Å². The summed E-state index contributed by atoms with van der Waals surface area (Å²) in [6.07, 6.45) is 0. The molecule has 0 saturated carbocycles. The highest BCUT2D eigenvalue weighted by Gasteiger charge is 2.46. The van der Waals surface area contributed by atoms with Crippen molar-refractivity contribution in [1.82, 2.24) is 9.13 Å². The van der Waals surface area contributed by atoms with Crippen LogP contribution in [0.15, 0.2) is 336 Å². The molecule has 2 aliphatic carbocycles. The van der Waals surface area contributed by atoms with Crippen LogP contribution >= 0.6 is 0 Å². The normalized spacial score (nSPS) is 13.8.